The molecule has 2 unspecified atom stereocenters. The molecule has 2 fully saturated rings. The predicted molar refractivity (Wildman–Crippen MR) is 72.1 cm³/mol. The standard InChI is InChI=1S/C14H15N5O/c20-14(11-6-9-5-10(9)7-11)16-12-1-3-13(4-2-12)19-8-15-17-18-19/h1-4,8-11H,5-7H2,(H,16,20). The molecule has 2 aromatic rings. The first kappa shape index (κ1) is 11.6. The van der Waals surface area contributed by atoms with Crippen molar-refractivity contribution in [1.29, 1.82) is 0 Å². The Labute approximate surface area is 116 Å². The van der Waals surface area contributed by atoms with E-state index >= 15 is 0 Å². The number of anilines is 1. The zero-order valence-electron chi connectivity index (χ0n) is 10.9. The van der Waals surface area contributed by atoms with Gasteiger partial charge in [0, 0.05) is 11.6 Å². The van der Waals surface area contributed by atoms with E-state index in [2.05, 4.69) is 20.8 Å². The zero-order valence-corrected chi connectivity index (χ0v) is 10.9. The maximum atomic E-state index is 12.1. The second-order valence-corrected chi connectivity index (χ2v) is 5.71. The van der Waals surface area contributed by atoms with Gasteiger partial charge in [-0.05, 0) is 65.8 Å². The number of fused-ring (bicyclic) bond motifs is 1. The van der Waals surface area contributed by atoms with E-state index in [-0.39, 0.29) is 11.8 Å². The van der Waals surface area contributed by atoms with E-state index in [1.807, 2.05) is 24.3 Å². The van der Waals surface area contributed by atoms with Crippen molar-refractivity contribution in [3.05, 3.63) is 30.6 Å². The molecule has 1 heterocycles. The third kappa shape index (κ3) is 2.07. The molecule has 0 saturated heterocycles. The molecular weight excluding hydrogens is 254 g/mol. The number of amides is 1. The summed E-state index contributed by atoms with van der Waals surface area (Å²) in [6.07, 6.45) is 5.02. The van der Waals surface area contributed by atoms with Crippen LogP contribution in [0.1, 0.15) is 19.3 Å². The molecule has 4 rings (SSSR count). The Bertz CT molecular complexity index is 612. The lowest BCUT2D eigenvalue weighted by Crippen LogP contribution is -2.21. The molecule has 6 heteroatoms. The van der Waals surface area contributed by atoms with Crippen LogP contribution in [0.15, 0.2) is 30.6 Å². The van der Waals surface area contributed by atoms with E-state index in [9.17, 15) is 4.79 Å². The van der Waals surface area contributed by atoms with Gasteiger partial charge >= 0.3 is 0 Å². The van der Waals surface area contributed by atoms with E-state index in [0.29, 0.717) is 0 Å². The van der Waals surface area contributed by atoms with Crippen LogP contribution in [0.4, 0.5) is 5.69 Å². The van der Waals surface area contributed by atoms with Crippen LogP contribution >= 0.6 is 0 Å². The number of benzene rings is 1. The van der Waals surface area contributed by atoms with E-state index in [0.717, 1.165) is 36.1 Å². The highest BCUT2D eigenvalue weighted by atomic mass is 16.1. The van der Waals surface area contributed by atoms with Crippen molar-refractivity contribution < 1.29 is 4.79 Å². The summed E-state index contributed by atoms with van der Waals surface area (Å²) in [6, 6.07) is 7.53. The second kappa shape index (κ2) is 4.40. The average Bonchev–Trinajstić information content (AvgIpc) is 2.92. The van der Waals surface area contributed by atoms with Crippen LogP contribution in [0.5, 0.6) is 0 Å². The molecule has 0 bridgehead atoms. The molecule has 1 aromatic heterocycles. The first-order chi connectivity index (χ1) is 9.79. The van der Waals surface area contributed by atoms with Crippen LogP contribution in [0.2, 0.25) is 0 Å². The van der Waals surface area contributed by atoms with Gasteiger partial charge in [-0.2, -0.15) is 0 Å². The second-order valence-electron chi connectivity index (χ2n) is 5.71. The van der Waals surface area contributed by atoms with Gasteiger partial charge in [0.15, 0.2) is 0 Å². The number of nitrogens with zero attached hydrogens (tertiary/aromatic N) is 4. The topological polar surface area (TPSA) is 72.7 Å². The Morgan fingerprint density at radius 2 is 1.90 bits per heavy atom. The van der Waals surface area contributed by atoms with Gasteiger partial charge in [-0.3, -0.25) is 4.79 Å². The van der Waals surface area contributed by atoms with Gasteiger partial charge in [0.2, 0.25) is 5.91 Å². The van der Waals surface area contributed by atoms with Crippen LogP contribution in [0.3, 0.4) is 0 Å². The maximum absolute atomic E-state index is 12.1. The number of hydrogen-bond donors (Lipinski definition) is 1. The van der Waals surface area contributed by atoms with Gasteiger partial charge in [-0.1, -0.05) is 0 Å². The van der Waals surface area contributed by atoms with Gasteiger partial charge in [-0.15, -0.1) is 5.10 Å². The quantitative estimate of drug-likeness (QED) is 0.919. The molecule has 1 aromatic carbocycles. The minimum absolute atomic E-state index is 0.160. The summed E-state index contributed by atoms with van der Waals surface area (Å²) in [6.45, 7) is 0. The van der Waals surface area contributed by atoms with Crippen molar-refractivity contribution in [2.45, 2.75) is 19.3 Å². The van der Waals surface area contributed by atoms with E-state index in [1.165, 1.54) is 6.42 Å². The van der Waals surface area contributed by atoms with Crippen molar-refractivity contribution in [3.63, 3.8) is 0 Å². The van der Waals surface area contributed by atoms with Crippen molar-refractivity contribution in [1.82, 2.24) is 20.2 Å². The summed E-state index contributed by atoms with van der Waals surface area (Å²) in [5, 5.41) is 14.0. The van der Waals surface area contributed by atoms with E-state index in [1.54, 1.807) is 11.0 Å². The first-order valence-corrected chi connectivity index (χ1v) is 6.94. The summed E-state index contributed by atoms with van der Waals surface area (Å²) >= 11 is 0. The summed E-state index contributed by atoms with van der Waals surface area (Å²) in [5.41, 5.74) is 1.70. The molecule has 1 amide bonds. The number of carbonyl (C=O) groups excluding carboxylic acids is 1. The van der Waals surface area contributed by atoms with Crippen LogP contribution in [0.25, 0.3) is 5.69 Å². The predicted octanol–water partition coefficient (Wildman–Crippen LogP) is 1.65. The van der Waals surface area contributed by atoms with Gasteiger partial charge in [0.1, 0.15) is 6.33 Å². The summed E-state index contributed by atoms with van der Waals surface area (Å²) < 4.78 is 1.58. The third-order valence-corrected chi connectivity index (χ3v) is 4.36. The van der Waals surface area contributed by atoms with Crippen molar-refractivity contribution in [2.24, 2.45) is 17.8 Å². The molecule has 0 radical (unpaired) electrons. The van der Waals surface area contributed by atoms with Crippen molar-refractivity contribution in [2.75, 3.05) is 5.32 Å². The fourth-order valence-electron chi connectivity index (χ4n) is 3.15. The fraction of sp³-hybridized carbons (Fsp3) is 0.429. The largest absolute Gasteiger partial charge is 0.326 e. The molecule has 102 valence electrons. The number of rotatable bonds is 3. The highest BCUT2D eigenvalue weighted by Gasteiger charge is 2.47. The minimum atomic E-state index is 0.160. The van der Waals surface area contributed by atoms with Crippen molar-refractivity contribution >= 4 is 11.6 Å². The molecule has 2 saturated carbocycles. The van der Waals surface area contributed by atoms with Crippen LogP contribution in [-0.4, -0.2) is 26.1 Å². The Morgan fingerprint density at radius 1 is 1.15 bits per heavy atom. The van der Waals surface area contributed by atoms with E-state index in [4.69, 9.17) is 0 Å². The highest BCUT2D eigenvalue weighted by Crippen LogP contribution is 2.54. The molecule has 1 N–H and O–H groups in total. The third-order valence-electron chi connectivity index (χ3n) is 4.36. The molecule has 6 nitrogen and oxygen atoms in total. The average molecular weight is 269 g/mol. The van der Waals surface area contributed by atoms with Gasteiger partial charge in [-0.25, -0.2) is 4.68 Å². The molecule has 2 aliphatic carbocycles. The molecular formula is C14H15N5O. The van der Waals surface area contributed by atoms with Gasteiger partial charge in [0.25, 0.3) is 0 Å². The SMILES string of the molecule is O=C(Nc1ccc(-n2cnnn2)cc1)C1CC2CC2C1. The number of nitrogens with one attached hydrogen (secondary N) is 1. The van der Waals surface area contributed by atoms with E-state index < -0.39 is 0 Å². The maximum Gasteiger partial charge on any atom is 0.227 e. The summed E-state index contributed by atoms with van der Waals surface area (Å²) in [5.74, 6) is 2.02. The Hall–Kier alpha value is -2.24. The number of carbonyl (C=O) groups is 1. The first-order valence-electron chi connectivity index (χ1n) is 6.94. The van der Waals surface area contributed by atoms with Gasteiger partial charge < -0.3 is 5.32 Å². The molecule has 0 aliphatic heterocycles. The lowest BCUT2D eigenvalue weighted by molar-refractivity contribution is -0.120. The Morgan fingerprint density at radius 3 is 2.55 bits per heavy atom. The summed E-state index contributed by atoms with van der Waals surface area (Å²) in [7, 11) is 0. The minimum Gasteiger partial charge on any atom is -0.326 e. The highest BCUT2D eigenvalue weighted by molar-refractivity contribution is 5.92. The van der Waals surface area contributed by atoms with Crippen LogP contribution in [0, 0.1) is 17.8 Å². The van der Waals surface area contributed by atoms with Crippen molar-refractivity contribution in [3.8, 4) is 5.69 Å². The lowest BCUT2D eigenvalue weighted by Gasteiger charge is -2.12. The normalized spacial score (nSPS) is 27.1. The molecule has 0 spiro atoms. The molecule has 2 aliphatic rings. The summed E-state index contributed by atoms with van der Waals surface area (Å²) in [4.78, 5) is 12.1. The van der Waals surface area contributed by atoms with Gasteiger partial charge in [0.05, 0.1) is 5.69 Å². The number of hydrogen-bond acceptors (Lipinski definition) is 4. The van der Waals surface area contributed by atoms with Crippen LogP contribution < -0.4 is 5.32 Å². The lowest BCUT2D eigenvalue weighted by atomic mass is 10.0. The fourth-order valence-corrected chi connectivity index (χ4v) is 3.15. The monoisotopic (exact) mass is 269 g/mol. The molecule has 20 heavy (non-hydrogen) atoms. The zero-order chi connectivity index (χ0) is 13.5. The smallest absolute Gasteiger partial charge is 0.227 e. The number of aromatic nitrogens is 4. The Kier molecular flexibility index (Phi) is 2.55. The molecule has 2 atom stereocenters. The number of tetrazole rings is 1. The van der Waals surface area contributed by atoms with Crippen LogP contribution in [-0.2, 0) is 4.79 Å². The Balaban J connectivity index is 1.42.